The second-order valence-corrected chi connectivity index (χ2v) is 7.91. The third kappa shape index (κ3) is 3.34. The number of aryl methyl sites for hydroxylation is 2. The number of carbonyl (C=O) groups excluding carboxylic acids is 3. The van der Waals surface area contributed by atoms with Gasteiger partial charge in [-0.25, -0.2) is 4.98 Å². The van der Waals surface area contributed by atoms with Gasteiger partial charge in [0.1, 0.15) is 6.04 Å². The van der Waals surface area contributed by atoms with Gasteiger partial charge in [-0.15, -0.1) is 11.3 Å². The second-order valence-electron chi connectivity index (χ2n) is 7.05. The van der Waals surface area contributed by atoms with Gasteiger partial charge in [-0.1, -0.05) is 35.9 Å². The van der Waals surface area contributed by atoms with E-state index < -0.39 is 23.8 Å². The lowest BCUT2D eigenvalue weighted by molar-refractivity contribution is -0.119. The van der Waals surface area contributed by atoms with Crippen LogP contribution in [0.25, 0.3) is 11.3 Å². The number of aromatic nitrogens is 1. The van der Waals surface area contributed by atoms with E-state index in [0.717, 1.165) is 21.7 Å². The highest BCUT2D eigenvalue weighted by Crippen LogP contribution is 2.29. The van der Waals surface area contributed by atoms with Crippen LogP contribution in [-0.4, -0.2) is 33.6 Å². The number of hydrogen-bond donors (Lipinski definition) is 1. The molecule has 3 amide bonds. The highest BCUT2D eigenvalue weighted by molar-refractivity contribution is 7.14. The first-order valence-electron chi connectivity index (χ1n) is 9.17. The van der Waals surface area contributed by atoms with Crippen LogP contribution < -0.4 is 5.32 Å². The fourth-order valence-electron chi connectivity index (χ4n) is 3.44. The van der Waals surface area contributed by atoms with Crippen molar-refractivity contribution in [3.63, 3.8) is 0 Å². The Balaban J connectivity index is 1.51. The summed E-state index contributed by atoms with van der Waals surface area (Å²) in [4.78, 5) is 43.3. The zero-order valence-corrected chi connectivity index (χ0v) is 17.0. The number of amides is 3. The highest BCUT2D eigenvalue weighted by Gasteiger charge is 2.40. The van der Waals surface area contributed by atoms with Gasteiger partial charge in [0, 0.05) is 10.9 Å². The van der Waals surface area contributed by atoms with Crippen molar-refractivity contribution in [3.8, 4) is 11.3 Å². The van der Waals surface area contributed by atoms with Crippen LogP contribution in [0.1, 0.15) is 38.8 Å². The average molecular weight is 405 g/mol. The van der Waals surface area contributed by atoms with Gasteiger partial charge in [0.05, 0.1) is 16.8 Å². The van der Waals surface area contributed by atoms with Crippen LogP contribution in [0.3, 0.4) is 0 Å². The zero-order chi connectivity index (χ0) is 20.7. The molecular weight excluding hydrogens is 386 g/mol. The average Bonchev–Trinajstić information content (AvgIpc) is 3.25. The molecule has 4 rings (SSSR count). The Morgan fingerprint density at radius 1 is 1.03 bits per heavy atom. The lowest BCUT2D eigenvalue weighted by Gasteiger charge is -2.21. The molecule has 1 aliphatic heterocycles. The van der Waals surface area contributed by atoms with E-state index in [1.54, 1.807) is 24.3 Å². The van der Waals surface area contributed by atoms with Gasteiger partial charge >= 0.3 is 0 Å². The van der Waals surface area contributed by atoms with E-state index in [0.29, 0.717) is 16.3 Å². The number of thiazole rings is 1. The van der Waals surface area contributed by atoms with Gasteiger partial charge in [0.2, 0.25) is 5.91 Å². The van der Waals surface area contributed by atoms with E-state index in [9.17, 15) is 14.4 Å². The summed E-state index contributed by atoms with van der Waals surface area (Å²) in [5.74, 6) is -1.37. The summed E-state index contributed by atoms with van der Waals surface area (Å²) in [6.45, 7) is 5.59. The minimum atomic E-state index is -0.948. The lowest BCUT2D eigenvalue weighted by atomic mass is 10.0. The fourth-order valence-corrected chi connectivity index (χ4v) is 4.16. The number of anilines is 1. The molecule has 1 unspecified atom stereocenters. The monoisotopic (exact) mass is 405 g/mol. The van der Waals surface area contributed by atoms with Crippen LogP contribution in [0.5, 0.6) is 0 Å². The molecule has 0 aliphatic carbocycles. The van der Waals surface area contributed by atoms with E-state index in [4.69, 9.17) is 0 Å². The second kappa shape index (κ2) is 7.25. The topological polar surface area (TPSA) is 79.4 Å². The Hall–Kier alpha value is -3.32. The Bertz CT molecular complexity index is 1120. The third-order valence-electron chi connectivity index (χ3n) is 4.98. The predicted octanol–water partition coefficient (Wildman–Crippen LogP) is 4.05. The summed E-state index contributed by atoms with van der Waals surface area (Å²) in [5, 5.41) is 5.03. The van der Waals surface area contributed by atoms with Crippen molar-refractivity contribution < 1.29 is 14.4 Å². The molecule has 1 aliphatic rings. The molecule has 1 N–H and O–H groups in total. The van der Waals surface area contributed by atoms with Crippen LogP contribution in [0.15, 0.2) is 47.8 Å². The SMILES string of the molecule is Cc1ccc(-c2csc(NC(=O)C(C)N3C(=O)c4ccccc4C3=O)n2)c(C)c1. The molecule has 0 bridgehead atoms. The van der Waals surface area contributed by atoms with Gasteiger partial charge in [0.25, 0.3) is 11.8 Å². The maximum Gasteiger partial charge on any atom is 0.262 e. The smallest absolute Gasteiger partial charge is 0.262 e. The quantitative estimate of drug-likeness (QED) is 0.664. The van der Waals surface area contributed by atoms with Gasteiger partial charge in [-0.3, -0.25) is 19.3 Å². The van der Waals surface area contributed by atoms with Crippen LogP contribution in [0.2, 0.25) is 0 Å². The Kier molecular flexibility index (Phi) is 4.76. The van der Waals surface area contributed by atoms with Gasteiger partial charge in [0.15, 0.2) is 5.13 Å². The first-order chi connectivity index (χ1) is 13.9. The van der Waals surface area contributed by atoms with Crippen molar-refractivity contribution in [2.24, 2.45) is 0 Å². The van der Waals surface area contributed by atoms with Crippen molar-refractivity contribution in [2.45, 2.75) is 26.8 Å². The van der Waals surface area contributed by atoms with E-state index in [2.05, 4.69) is 16.4 Å². The summed E-state index contributed by atoms with van der Waals surface area (Å²) < 4.78 is 0. The molecule has 3 aromatic rings. The number of nitrogens with zero attached hydrogens (tertiary/aromatic N) is 2. The number of imide groups is 1. The molecule has 7 heteroatoms. The fraction of sp³-hybridized carbons (Fsp3) is 0.182. The molecule has 6 nitrogen and oxygen atoms in total. The molecule has 0 saturated heterocycles. The number of benzene rings is 2. The van der Waals surface area contributed by atoms with E-state index in [1.807, 2.05) is 31.4 Å². The summed E-state index contributed by atoms with van der Waals surface area (Å²) in [6, 6.07) is 11.7. The zero-order valence-electron chi connectivity index (χ0n) is 16.2. The van der Waals surface area contributed by atoms with Crippen molar-refractivity contribution in [3.05, 3.63) is 70.1 Å². The van der Waals surface area contributed by atoms with Crippen molar-refractivity contribution >= 4 is 34.2 Å². The van der Waals surface area contributed by atoms with Crippen LogP contribution in [-0.2, 0) is 4.79 Å². The molecule has 1 atom stereocenters. The maximum absolute atomic E-state index is 12.7. The number of carbonyl (C=O) groups is 3. The van der Waals surface area contributed by atoms with E-state index >= 15 is 0 Å². The number of fused-ring (bicyclic) bond motifs is 1. The number of nitrogens with one attached hydrogen (secondary N) is 1. The van der Waals surface area contributed by atoms with Crippen molar-refractivity contribution in [1.82, 2.24) is 9.88 Å². The Morgan fingerprint density at radius 3 is 2.31 bits per heavy atom. The summed E-state index contributed by atoms with van der Waals surface area (Å²) in [7, 11) is 0. The Labute approximate surface area is 172 Å². The summed E-state index contributed by atoms with van der Waals surface area (Å²) in [5.41, 5.74) is 4.70. The minimum Gasteiger partial charge on any atom is -0.300 e. The Morgan fingerprint density at radius 2 is 1.69 bits per heavy atom. The van der Waals surface area contributed by atoms with Gasteiger partial charge < -0.3 is 5.32 Å². The maximum atomic E-state index is 12.7. The van der Waals surface area contributed by atoms with E-state index in [-0.39, 0.29) is 0 Å². The molecule has 146 valence electrons. The van der Waals surface area contributed by atoms with Crippen LogP contribution in [0, 0.1) is 13.8 Å². The number of hydrogen-bond acceptors (Lipinski definition) is 5. The standard InChI is InChI=1S/C22H19N3O3S/c1-12-8-9-15(13(2)10-12)18-11-29-22(23-18)24-19(26)14(3)25-20(27)16-6-4-5-7-17(16)21(25)28/h4-11,14H,1-3H3,(H,23,24,26). The largest absolute Gasteiger partial charge is 0.300 e. The molecule has 29 heavy (non-hydrogen) atoms. The molecule has 0 radical (unpaired) electrons. The van der Waals surface area contributed by atoms with Gasteiger partial charge in [-0.2, -0.15) is 0 Å². The highest BCUT2D eigenvalue weighted by atomic mass is 32.1. The summed E-state index contributed by atoms with van der Waals surface area (Å²) >= 11 is 1.30. The molecule has 1 aromatic heterocycles. The van der Waals surface area contributed by atoms with Crippen molar-refractivity contribution in [2.75, 3.05) is 5.32 Å². The van der Waals surface area contributed by atoms with Gasteiger partial charge in [-0.05, 0) is 38.5 Å². The summed E-state index contributed by atoms with van der Waals surface area (Å²) in [6.07, 6.45) is 0. The van der Waals surface area contributed by atoms with Crippen molar-refractivity contribution in [1.29, 1.82) is 0 Å². The molecule has 0 fully saturated rings. The first-order valence-corrected chi connectivity index (χ1v) is 10.1. The first kappa shape index (κ1) is 19.0. The molecular formula is C22H19N3O3S. The normalized spacial score (nSPS) is 14.1. The van der Waals surface area contributed by atoms with Crippen LogP contribution >= 0.6 is 11.3 Å². The predicted molar refractivity (Wildman–Crippen MR) is 112 cm³/mol. The molecule has 0 saturated carbocycles. The lowest BCUT2D eigenvalue weighted by Crippen LogP contribution is -2.45. The molecule has 0 spiro atoms. The molecule has 2 heterocycles. The van der Waals surface area contributed by atoms with Crippen LogP contribution in [0.4, 0.5) is 5.13 Å². The molecule has 2 aromatic carbocycles. The number of rotatable bonds is 4. The van der Waals surface area contributed by atoms with E-state index in [1.165, 1.54) is 23.8 Å². The third-order valence-corrected chi connectivity index (χ3v) is 5.74. The minimum absolute atomic E-state index is 0.323.